The van der Waals surface area contributed by atoms with Crippen molar-refractivity contribution in [3.8, 4) is 51.1 Å². The number of nitrogens with one attached hydrogen (secondary N) is 2. The number of rotatable bonds is 8. The van der Waals surface area contributed by atoms with E-state index in [0.29, 0.717) is 69.3 Å². The van der Waals surface area contributed by atoms with Crippen LogP contribution in [0.1, 0.15) is 16.1 Å². The van der Waals surface area contributed by atoms with E-state index in [2.05, 4.69) is 20.6 Å². The molecule has 7 rings (SSSR count). The Kier molecular flexibility index (Phi) is 8.02. The van der Waals surface area contributed by atoms with Gasteiger partial charge in [0.15, 0.2) is 16.2 Å². The van der Waals surface area contributed by atoms with Gasteiger partial charge in [-0.05, 0) is 85.4 Å². The number of anilines is 1. The molecule has 0 bridgehead atoms. The van der Waals surface area contributed by atoms with E-state index < -0.39 is 5.97 Å². The molecule has 0 saturated heterocycles. The van der Waals surface area contributed by atoms with Crippen molar-refractivity contribution in [3.63, 3.8) is 0 Å². The molecule has 0 saturated carbocycles. The molecule has 1 aliphatic heterocycles. The molecule has 12 nitrogen and oxygen atoms in total. The molecule has 49 heavy (non-hydrogen) atoms. The van der Waals surface area contributed by atoms with Gasteiger partial charge in [-0.3, -0.25) is 14.2 Å². The van der Waals surface area contributed by atoms with E-state index in [-0.39, 0.29) is 33.5 Å². The van der Waals surface area contributed by atoms with Crippen LogP contribution in [0.4, 0.5) is 5.69 Å². The fourth-order valence-electron chi connectivity index (χ4n) is 5.61. The summed E-state index contributed by atoms with van der Waals surface area (Å²) in [5.74, 6) is -0.207. The van der Waals surface area contributed by atoms with Crippen LogP contribution in [0.5, 0.6) is 17.4 Å². The third-order valence-electron chi connectivity index (χ3n) is 7.91. The molecule has 2 aromatic heterocycles. The molecule has 0 fully saturated rings. The van der Waals surface area contributed by atoms with Gasteiger partial charge in [0.1, 0.15) is 35.1 Å². The smallest absolute Gasteiger partial charge is 0.336 e. The number of carbonyl (C=O) groups is 1. The van der Waals surface area contributed by atoms with Crippen molar-refractivity contribution in [1.29, 1.82) is 0 Å². The van der Waals surface area contributed by atoms with Crippen molar-refractivity contribution in [1.82, 2.24) is 19.7 Å². The minimum absolute atomic E-state index is 0.000262. The van der Waals surface area contributed by atoms with Crippen LogP contribution >= 0.6 is 12.2 Å². The van der Waals surface area contributed by atoms with Crippen LogP contribution in [-0.4, -0.2) is 53.9 Å². The molecule has 0 amide bonds. The van der Waals surface area contributed by atoms with E-state index in [1.807, 2.05) is 24.3 Å². The number of phenols is 1. The molecule has 0 spiro atoms. The molecule has 0 unspecified atom stereocenters. The van der Waals surface area contributed by atoms with Crippen LogP contribution in [0.15, 0.2) is 100 Å². The number of hydrogen-bond acceptors (Lipinski definition) is 9. The summed E-state index contributed by atoms with van der Waals surface area (Å²) in [5, 5.41) is 37.4. The number of benzene rings is 4. The van der Waals surface area contributed by atoms with Gasteiger partial charge in [-0.2, -0.15) is 0 Å². The van der Waals surface area contributed by atoms with Gasteiger partial charge in [-0.15, -0.1) is 0 Å². The topological polar surface area (TPSA) is 171 Å². The first-order chi connectivity index (χ1) is 23.6. The van der Waals surface area contributed by atoms with Gasteiger partial charge in [0, 0.05) is 46.1 Å². The maximum atomic E-state index is 12.5. The molecule has 5 N–H and O–H groups in total. The third-order valence-corrected chi connectivity index (χ3v) is 8.16. The molecule has 0 radical (unpaired) electrons. The second kappa shape index (κ2) is 12.6. The summed E-state index contributed by atoms with van der Waals surface area (Å²) >= 11 is 5.45. The largest absolute Gasteiger partial charge is 0.508 e. The second-order valence-electron chi connectivity index (χ2n) is 11.2. The van der Waals surface area contributed by atoms with Gasteiger partial charge in [0.2, 0.25) is 5.88 Å². The Balaban J connectivity index is 1.02. The highest BCUT2D eigenvalue weighted by Gasteiger charge is 2.22. The number of aromatic carboxylic acids is 1. The lowest BCUT2D eigenvalue weighted by molar-refractivity contribution is 0.0697. The fraction of sp³-hybridized carbons (Fsp3) is 0.0833. The number of carboxylic acid groups (broad SMARTS) is 1. The Hall–Kier alpha value is -6.47. The van der Waals surface area contributed by atoms with E-state index in [4.69, 9.17) is 21.4 Å². The van der Waals surface area contributed by atoms with Gasteiger partial charge in [-0.1, -0.05) is 6.07 Å². The number of aryl methyl sites for hydroxylation is 1. The Bertz CT molecular complexity index is 2440. The number of hydrogen-bond donors (Lipinski definition) is 5. The highest BCUT2D eigenvalue weighted by Crippen LogP contribution is 2.42. The predicted molar refractivity (Wildman–Crippen MR) is 188 cm³/mol. The summed E-state index contributed by atoms with van der Waals surface area (Å²) in [6, 6.07) is 21.1. The van der Waals surface area contributed by atoms with Crippen LogP contribution in [0.3, 0.4) is 0 Å². The monoisotopic (exact) mass is 673 g/mol. The van der Waals surface area contributed by atoms with Crippen molar-refractivity contribution in [2.24, 2.45) is 0 Å². The standard InChI is InChI=1S/C36H27N5O7S/c1-19-34(44)41-18-29(38-17-32(41)39-19)20-2-7-24(8-3-20)47-13-12-37-36(49)40-21-4-9-25(28(14-21)35(45)46)33-26-10-5-22(42)15-30(26)48-31-16-23(43)6-11-27(31)33/h2-11,14-18,42,44H,12-13H2,1H3,(H,45,46)(H2,37,40,49). The minimum atomic E-state index is -1.16. The van der Waals surface area contributed by atoms with E-state index in [1.54, 1.807) is 48.0 Å². The molecule has 3 aromatic carbocycles. The van der Waals surface area contributed by atoms with Crippen molar-refractivity contribution < 1.29 is 29.3 Å². The lowest BCUT2D eigenvalue weighted by Crippen LogP contribution is -2.32. The highest BCUT2D eigenvalue weighted by atomic mass is 32.1. The predicted octanol–water partition coefficient (Wildman–Crippen LogP) is 6.06. The van der Waals surface area contributed by atoms with Gasteiger partial charge in [0.25, 0.3) is 0 Å². The van der Waals surface area contributed by atoms with E-state index in [0.717, 1.165) is 5.56 Å². The first kappa shape index (κ1) is 31.1. The summed E-state index contributed by atoms with van der Waals surface area (Å²) < 4.78 is 13.3. The minimum Gasteiger partial charge on any atom is -0.508 e. The molecule has 0 atom stereocenters. The number of imidazole rings is 1. The van der Waals surface area contributed by atoms with Crippen molar-refractivity contribution in [2.75, 3.05) is 18.5 Å². The zero-order valence-electron chi connectivity index (χ0n) is 25.8. The number of fused-ring (bicyclic) bond motifs is 3. The van der Waals surface area contributed by atoms with E-state index in [9.17, 15) is 24.9 Å². The number of nitrogens with zero attached hydrogens (tertiary/aromatic N) is 3. The molecule has 13 heteroatoms. The SMILES string of the molecule is Cc1nc2cnc(-c3ccc(OCCNC(=S)Nc4ccc(-c5c6ccc(=O)cc-6oc6cc(O)ccc56)c(C(=O)O)c4)cc3)cn2c1O. The van der Waals surface area contributed by atoms with Crippen molar-refractivity contribution >= 4 is 45.6 Å². The quantitative estimate of drug-likeness (QED) is 0.0719. The Morgan fingerprint density at radius 2 is 1.80 bits per heavy atom. The van der Waals surface area contributed by atoms with Gasteiger partial charge in [-0.25, -0.2) is 9.78 Å². The normalized spacial score (nSPS) is 11.2. The Labute approximate surface area is 283 Å². The average Bonchev–Trinajstić information content (AvgIpc) is 3.37. The van der Waals surface area contributed by atoms with Crippen LogP contribution < -0.4 is 20.8 Å². The summed E-state index contributed by atoms with van der Waals surface area (Å²) in [4.78, 5) is 33.3. The molecule has 1 aliphatic carbocycles. The molecule has 2 aliphatic rings. The number of aromatic hydroxyl groups is 2. The summed E-state index contributed by atoms with van der Waals surface area (Å²) in [5.41, 5.74) is 4.60. The third kappa shape index (κ3) is 6.17. The zero-order valence-corrected chi connectivity index (χ0v) is 26.6. The van der Waals surface area contributed by atoms with Crippen LogP contribution in [0, 0.1) is 6.92 Å². The Morgan fingerprint density at radius 1 is 1.00 bits per heavy atom. The molecule has 3 heterocycles. The number of aromatic nitrogens is 3. The zero-order chi connectivity index (χ0) is 34.2. The van der Waals surface area contributed by atoms with Gasteiger partial charge in [0.05, 0.1) is 24.0 Å². The average molecular weight is 674 g/mol. The van der Waals surface area contributed by atoms with Crippen LogP contribution in [-0.2, 0) is 0 Å². The molecule has 5 aromatic rings. The van der Waals surface area contributed by atoms with E-state index >= 15 is 0 Å². The Morgan fingerprint density at radius 3 is 2.59 bits per heavy atom. The van der Waals surface area contributed by atoms with Crippen molar-refractivity contribution in [2.45, 2.75) is 6.92 Å². The van der Waals surface area contributed by atoms with Crippen LogP contribution in [0.2, 0.25) is 0 Å². The number of phenolic OH excluding ortho intramolecular Hbond substituents is 1. The summed E-state index contributed by atoms with van der Waals surface area (Å²) in [6.07, 6.45) is 3.33. The lowest BCUT2D eigenvalue weighted by Gasteiger charge is -2.18. The first-order valence-corrected chi connectivity index (χ1v) is 15.4. The summed E-state index contributed by atoms with van der Waals surface area (Å²) in [6.45, 7) is 2.40. The van der Waals surface area contributed by atoms with Gasteiger partial charge < -0.3 is 35.1 Å². The van der Waals surface area contributed by atoms with Crippen LogP contribution in [0.25, 0.3) is 50.3 Å². The maximum absolute atomic E-state index is 12.5. The number of carboxylic acids is 1. The molecule has 244 valence electrons. The number of thiocarbonyl (C=S) groups is 1. The lowest BCUT2D eigenvalue weighted by atomic mass is 9.90. The highest BCUT2D eigenvalue weighted by molar-refractivity contribution is 7.80. The molecular formula is C36H27N5O7S. The summed E-state index contributed by atoms with van der Waals surface area (Å²) in [7, 11) is 0. The first-order valence-electron chi connectivity index (χ1n) is 15.0. The molecular weight excluding hydrogens is 646 g/mol. The maximum Gasteiger partial charge on any atom is 0.336 e. The number of ether oxygens (including phenoxy) is 1. The second-order valence-corrected chi connectivity index (χ2v) is 11.6. The van der Waals surface area contributed by atoms with Crippen molar-refractivity contribution in [3.05, 3.63) is 113 Å². The fourth-order valence-corrected chi connectivity index (χ4v) is 5.83. The van der Waals surface area contributed by atoms with Gasteiger partial charge >= 0.3 is 5.97 Å². The van der Waals surface area contributed by atoms with E-state index in [1.165, 1.54) is 30.3 Å².